The van der Waals surface area contributed by atoms with E-state index in [1.807, 2.05) is 0 Å². The second-order valence-corrected chi connectivity index (χ2v) is 8.64. The number of aliphatic carboxylic acids is 1. The summed E-state index contributed by atoms with van der Waals surface area (Å²) in [4.78, 5) is 11.0. The van der Waals surface area contributed by atoms with Crippen molar-refractivity contribution in [3.8, 4) is 0 Å². The fourth-order valence-corrected chi connectivity index (χ4v) is 7.57. The summed E-state index contributed by atoms with van der Waals surface area (Å²) in [5, 5.41) is 10.2. The van der Waals surface area contributed by atoms with Gasteiger partial charge >= 0.3 is 12.1 Å². The van der Waals surface area contributed by atoms with Crippen molar-refractivity contribution in [2.75, 3.05) is 18.1 Å². The lowest BCUT2D eigenvalue weighted by molar-refractivity contribution is -0.156. The van der Waals surface area contributed by atoms with Gasteiger partial charge in [-0.25, -0.2) is 5.43 Å². The molecule has 0 bridgehead atoms. The standard InChI is InChI=1S/C12H13F3N2O2S2/c13-12(14,15)9-8-5-3-6(5)11(20-1-2-21-11)10(8)17(16-9)4-7(18)19/h5-6,9,16H,1-4H2,(H,18,19). The Bertz CT molecular complexity index is 545. The van der Waals surface area contributed by atoms with Gasteiger partial charge in [0.2, 0.25) is 0 Å². The van der Waals surface area contributed by atoms with Crippen molar-refractivity contribution in [1.82, 2.24) is 10.4 Å². The Balaban J connectivity index is 1.78. The average Bonchev–Trinajstić information content (AvgIpc) is 2.78. The molecule has 3 atom stereocenters. The second kappa shape index (κ2) is 4.26. The molecule has 0 radical (unpaired) electrons. The molecule has 4 aliphatic rings. The first-order valence-electron chi connectivity index (χ1n) is 6.69. The van der Waals surface area contributed by atoms with E-state index in [9.17, 15) is 18.0 Å². The van der Waals surface area contributed by atoms with Crippen molar-refractivity contribution in [2.45, 2.75) is 22.7 Å². The van der Waals surface area contributed by atoms with E-state index in [0.717, 1.165) is 17.9 Å². The van der Waals surface area contributed by atoms with E-state index < -0.39 is 24.7 Å². The monoisotopic (exact) mass is 338 g/mol. The molecule has 0 aromatic rings. The van der Waals surface area contributed by atoms with E-state index in [-0.39, 0.29) is 15.9 Å². The number of carbonyl (C=O) groups is 1. The molecule has 2 N–H and O–H groups in total. The summed E-state index contributed by atoms with van der Waals surface area (Å²) in [5.41, 5.74) is 3.40. The van der Waals surface area contributed by atoms with Crippen LogP contribution in [0.4, 0.5) is 13.2 Å². The van der Waals surface area contributed by atoms with E-state index in [4.69, 9.17) is 5.11 Å². The molecule has 9 heteroatoms. The third-order valence-electron chi connectivity index (χ3n) is 4.48. The summed E-state index contributed by atoms with van der Waals surface area (Å²) in [6.07, 6.45) is -3.59. The Morgan fingerprint density at radius 2 is 2.10 bits per heavy atom. The van der Waals surface area contributed by atoms with E-state index in [0.29, 0.717) is 11.3 Å². The summed E-state index contributed by atoms with van der Waals surface area (Å²) < 4.78 is 39.5. The van der Waals surface area contributed by atoms with E-state index >= 15 is 0 Å². The highest BCUT2D eigenvalue weighted by atomic mass is 32.2. The number of nitrogens with one attached hydrogen (secondary N) is 1. The van der Waals surface area contributed by atoms with Crippen LogP contribution >= 0.6 is 23.5 Å². The van der Waals surface area contributed by atoms with Crippen LogP contribution in [-0.2, 0) is 4.79 Å². The largest absolute Gasteiger partial charge is 0.480 e. The van der Waals surface area contributed by atoms with Crippen molar-refractivity contribution in [1.29, 1.82) is 0 Å². The number of fused-ring (bicyclic) bond motifs is 4. The molecule has 1 spiro atoms. The van der Waals surface area contributed by atoms with Gasteiger partial charge in [0.25, 0.3) is 0 Å². The van der Waals surface area contributed by atoms with Crippen LogP contribution in [0.2, 0.25) is 0 Å². The van der Waals surface area contributed by atoms with Gasteiger partial charge in [0, 0.05) is 11.5 Å². The van der Waals surface area contributed by atoms with Crippen molar-refractivity contribution in [3.63, 3.8) is 0 Å². The van der Waals surface area contributed by atoms with Gasteiger partial charge in [-0.15, -0.1) is 23.5 Å². The molecule has 2 heterocycles. The summed E-state index contributed by atoms with van der Waals surface area (Å²) in [6.45, 7) is -0.437. The number of carboxylic acid groups (broad SMARTS) is 1. The Hall–Kier alpha value is -0.540. The lowest BCUT2D eigenvalue weighted by Gasteiger charge is -2.33. The summed E-state index contributed by atoms with van der Waals surface area (Å²) >= 11 is 3.37. The fraction of sp³-hybridized carbons (Fsp3) is 0.750. The summed E-state index contributed by atoms with van der Waals surface area (Å²) in [5.74, 6) is 0.894. The number of hydrazine groups is 1. The number of hydrogen-bond donors (Lipinski definition) is 2. The van der Waals surface area contributed by atoms with E-state index in [2.05, 4.69) is 5.43 Å². The number of thioether (sulfide) groups is 2. The van der Waals surface area contributed by atoms with Crippen LogP contribution in [0.5, 0.6) is 0 Å². The second-order valence-electron chi connectivity index (χ2n) is 5.70. The molecule has 1 saturated heterocycles. The zero-order valence-electron chi connectivity index (χ0n) is 10.8. The van der Waals surface area contributed by atoms with Gasteiger partial charge in [0.05, 0.1) is 5.70 Å². The van der Waals surface area contributed by atoms with Crippen molar-refractivity contribution in [3.05, 3.63) is 11.3 Å². The number of halogens is 3. The first-order valence-corrected chi connectivity index (χ1v) is 8.66. The number of hydrogen-bond acceptors (Lipinski definition) is 5. The van der Waals surface area contributed by atoms with Crippen LogP contribution in [-0.4, -0.2) is 50.4 Å². The molecule has 2 aliphatic heterocycles. The van der Waals surface area contributed by atoms with Gasteiger partial charge in [-0.2, -0.15) is 13.2 Å². The number of rotatable bonds is 2. The third kappa shape index (κ3) is 1.86. The maximum absolute atomic E-state index is 13.3. The first kappa shape index (κ1) is 14.1. The lowest BCUT2D eigenvalue weighted by atomic mass is 10.0. The predicted octanol–water partition coefficient (Wildman–Crippen LogP) is 1.90. The van der Waals surface area contributed by atoms with Gasteiger partial charge in [-0.05, 0) is 23.8 Å². The van der Waals surface area contributed by atoms with Gasteiger partial charge in [-0.1, -0.05) is 0 Å². The van der Waals surface area contributed by atoms with Crippen molar-refractivity contribution < 1.29 is 23.1 Å². The quantitative estimate of drug-likeness (QED) is 0.802. The molecule has 21 heavy (non-hydrogen) atoms. The average molecular weight is 338 g/mol. The minimum atomic E-state index is -4.39. The molecule has 1 saturated carbocycles. The Labute approximate surface area is 127 Å². The first-order chi connectivity index (χ1) is 9.84. The Kier molecular flexibility index (Phi) is 2.86. The van der Waals surface area contributed by atoms with Gasteiger partial charge < -0.3 is 5.11 Å². The van der Waals surface area contributed by atoms with Crippen LogP contribution in [0, 0.1) is 11.8 Å². The number of carboxylic acids is 1. The summed E-state index contributed by atoms with van der Waals surface area (Å²) in [6, 6.07) is -1.72. The number of alkyl halides is 3. The molecule has 4 rings (SSSR count). The van der Waals surface area contributed by atoms with Crippen molar-refractivity contribution >= 4 is 29.5 Å². The van der Waals surface area contributed by atoms with Crippen LogP contribution in [0.3, 0.4) is 0 Å². The van der Waals surface area contributed by atoms with Gasteiger partial charge in [0.15, 0.2) is 0 Å². The molecule has 0 aromatic carbocycles. The highest BCUT2D eigenvalue weighted by molar-refractivity contribution is 8.21. The minimum absolute atomic E-state index is 0.0315. The maximum atomic E-state index is 13.3. The minimum Gasteiger partial charge on any atom is -0.480 e. The smallest absolute Gasteiger partial charge is 0.409 e. The van der Waals surface area contributed by atoms with Gasteiger partial charge in [0.1, 0.15) is 16.7 Å². The topological polar surface area (TPSA) is 52.6 Å². The van der Waals surface area contributed by atoms with Crippen LogP contribution in [0.25, 0.3) is 0 Å². The SMILES string of the molecule is O=C(O)CN1NC(C(F)(F)F)C2=C1C1(SCCS1)C1CC21. The zero-order valence-corrected chi connectivity index (χ0v) is 12.4. The lowest BCUT2D eigenvalue weighted by Crippen LogP contribution is -2.49. The highest BCUT2D eigenvalue weighted by Crippen LogP contribution is 2.73. The van der Waals surface area contributed by atoms with Crippen LogP contribution in [0.1, 0.15) is 6.42 Å². The van der Waals surface area contributed by atoms with Gasteiger partial charge in [-0.3, -0.25) is 9.80 Å². The van der Waals surface area contributed by atoms with E-state index in [1.165, 1.54) is 5.01 Å². The third-order valence-corrected chi connectivity index (χ3v) is 8.12. The molecule has 0 amide bonds. The molecule has 116 valence electrons. The zero-order chi connectivity index (χ0) is 15.0. The normalized spacial score (nSPS) is 36.3. The molecule has 4 nitrogen and oxygen atoms in total. The highest BCUT2D eigenvalue weighted by Gasteiger charge is 2.71. The van der Waals surface area contributed by atoms with E-state index in [1.54, 1.807) is 23.5 Å². The molecule has 2 fully saturated rings. The van der Waals surface area contributed by atoms with Crippen molar-refractivity contribution in [2.24, 2.45) is 11.8 Å². The predicted molar refractivity (Wildman–Crippen MR) is 73.6 cm³/mol. The molecular formula is C12H13F3N2O2S2. The summed E-state index contributed by atoms with van der Waals surface area (Å²) in [7, 11) is 0. The van der Waals surface area contributed by atoms with Crippen LogP contribution in [0.15, 0.2) is 11.3 Å². The fourth-order valence-electron chi connectivity index (χ4n) is 3.78. The maximum Gasteiger partial charge on any atom is 0.409 e. The number of nitrogens with zero attached hydrogens (tertiary/aromatic N) is 1. The molecule has 0 aromatic heterocycles. The Morgan fingerprint density at radius 1 is 1.43 bits per heavy atom. The van der Waals surface area contributed by atoms with Crippen LogP contribution < -0.4 is 5.43 Å². The molecule has 3 unspecified atom stereocenters. The Morgan fingerprint density at radius 3 is 2.67 bits per heavy atom. The molecular weight excluding hydrogens is 325 g/mol. The molecule has 2 aliphatic carbocycles.